The molecule has 7 heteroatoms. The number of benzene rings is 1. The minimum absolute atomic E-state index is 0.381. The van der Waals surface area contributed by atoms with E-state index in [9.17, 15) is 14.4 Å². The van der Waals surface area contributed by atoms with Crippen LogP contribution in [0.5, 0.6) is 0 Å². The lowest BCUT2D eigenvalue weighted by Crippen LogP contribution is -2.51. The summed E-state index contributed by atoms with van der Waals surface area (Å²) in [5.41, 5.74) is 0.615. The summed E-state index contributed by atoms with van der Waals surface area (Å²) in [5.74, 6) is -1.39. The maximum absolute atomic E-state index is 12.3. The number of aliphatic carboxylic acids is 1. The molecular formula is C15H19N3O4. The summed E-state index contributed by atoms with van der Waals surface area (Å²) in [4.78, 5) is 36.5. The quantitative estimate of drug-likeness (QED) is 0.780. The highest BCUT2D eigenvalue weighted by Gasteiger charge is 2.36. The van der Waals surface area contributed by atoms with Crippen LogP contribution in [-0.2, 0) is 9.59 Å². The molecule has 7 nitrogen and oxygen atoms in total. The van der Waals surface area contributed by atoms with Gasteiger partial charge >= 0.3 is 12.0 Å². The normalized spacial score (nSPS) is 18.6. The molecule has 2 atom stereocenters. The van der Waals surface area contributed by atoms with Crippen LogP contribution in [-0.4, -0.2) is 46.5 Å². The molecule has 1 aliphatic heterocycles. The number of nitrogens with zero attached hydrogens (tertiary/aromatic N) is 1. The number of carboxylic acids is 1. The number of anilines is 1. The standard InChI is InChI=1S/C15H19N3O4/c1-10(13(19)18-9-5-8-12(18)14(20)21)16-15(22)17-11-6-3-2-4-7-11/h2-4,6-7,10,12H,5,8-9H2,1H3,(H,20,21)(H2,16,17,22). The molecule has 0 radical (unpaired) electrons. The molecule has 1 heterocycles. The van der Waals surface area contributed by atoms with Crippen molar-refractivity contribution < 1.29 is 19.5 Å². The van der Waals surface area contributed by atoms with Crippen LogP contribution in [0.4, 0.5) is 10.5 Å². The molecule has 0 bridgehead atoms. The fourth-order valence-electron chi connectivity index (χ4n) is 2.48. The molecule has 0 aliphatic carbocycles. The van der Waals surface area contributed by atoms with Gasteiger partial charge in [-0.2, -0.15) is 0 Å². The monoisotopic (exact) mass is 305 g/mol. The molecule has 2 unspecified atom stereocenters. The van der Waals surface area contributed by atoms with E-state index in [1.165, 1.54) is 4.90 Å². The van der Waals surface area contributed by atoms with Gasteiger partial charge in [-0.1, -0.05) is 18.2 Å². The lowest BCUT2D eigenvalue weighted by atomic mass is 10.2. The third-order valence-electron chi connectivity index (χ3n) is 3.57. The summed E-state index contributed by atoms with van der Waals surface area (Å²) < 4.78 is 0. The highest BCUT2D eigenvalue weighted by atomic mass is 16.4. The number of carboxylic acid groups (broad SMARTS) is 1. The third kappa shape index (κ3) is 3.75. The lowest BCUT2D eigenvalue weighted by Gasteiger charge is -2.25. The molecular weight excluding hydrogens is 286 g/mol. The Hall–Kier alpha value is -2.57. The van der Waals surface area contributed by atoms with Gasteiger partial charge in [0.25, 0.3) is 0 Å². The average molecular weight is 305 g/mol. The van der Waals surface area contributed by atoms with Gasteiger partial charge in [0.05, 0.1) is 0 Å². The van der Waals surface area contributed by atoms with Crippen LogP contribution in [0.15, 0.2) is 30.3 Å². The molecule has 1 aliphatic rings. The first-order chi connectivity index (χ1) is 10.5. The van der Waals surface area contributed by atoms with Gasteiger partial charge in [0.2, 0.25) is 5.91 Å². The Bertz CT molecular complexity index is 561. The zero-order valence-corrected chi connectivity index (χ0v) is 12.3. The maximum Gasteiger partial charge on any atom is 0.326 e. The zero-order chi connectivity index (χ0) is 16.1. The van der Waals surface area contributed by atoms with Gasteiger partial charge in [0, 0.05) is 12.2 Å². The molecule has 1 aromatic rings. The second-order valence-corrected chi connectivity index (χ2v) is 5.21. The van der Waals surface area contributed by atoms with E-state index in [0.29, 0.717) is 25.1 Å². The first-order valence-corrected chi connectivity index (χ1v) is 7.15. The molecule has 1 fully saturated rings. The fourth-order valence-corrected chi connectivity index (χ4v) is 2.48. The Labute approximate surface area is 128 Å². The van der Waals surface area contributed by atoms with Crippen LogP contribution in [0.25, 0.3) is 0 Å². The molecule has 3 N–H and O–H groups in total. The average Bonchev–Trinajstić information content (AvgIpc) is 2.96. The number of para-hydroxylation sites is 1. The number of urea groups is 1. The second-order valence-electron chi connectivity index (χ2n) is 5.21. The van der Waals surface area contributed by atoms with E-state index in [1.54, 1.807) is 31.2 Å². The number of carbonyl (C=O) groups excluding carboxylic acids is 2. The molecule has 0 saturated carbocycles. The summed E-state index contributed by atoms with van der Waals surface area (Å²) >= 11 is 0. The Balaban J connectivity index is 1.91. The fraction of sp³-hybridized carbons (Fsp3) is 0.400. The van der Waals surface area contributed by atoms with E-state index in [2.05, 4.69) is 10.6 Å². The van der Waals surface area contributed by atoms with Gasteiger partial charge in [-0.05, 0) is 31.9 Å². The van der Waals surface area contributed by atoms with Crippen molar-refractivity contribution in [1.82, 2.24) is 10.2 Å². The number of hydrogen-bond donors (Lipinski definition) is 3. The molecule has 0 aromatic heterocycles. The van der Waals surface area contributed by atoms with Crippen molar-refractivity contribution in [2.75, 3.05) is 11.9 Å². The van der Waals surface area contributed by atoms with E-state index in [0.717, 1.165) is 0 Å². The van der Waals surface area contributed by atoms with E-state index in [1.807, 2.05) is 6.07 Å². The van der Waals surface area contributed by atoms with Crippen molar-refractivity contribution in [3.8, 4) is 0 Å². The van der Waals surface area contributed by atoms with Crippen molar-refractivity contribution in [1.29, 1.82) is 0 Å². The van der Waals surface area contributed by atoms with Crippen LogP contribution in [0.3, 0.4) is 0 Å². The summed E-state index contributed by atoms with van der Waals surface area (Å²) in [5, 5.41) is 14.2. The van der Waals surface area contributed by atoms with Crippen LogP contribution < -0.4 is 10.6 Å². The molecule has 1 aromatic carbocycles. The summed E-state index contributed by atoms with van der Waals surface area (Å²) in [6, 6.07) is 6.77. The smallest absolute Gasteiger partial charge is 0.326 e. The third-order valence-corrected chi connectivity index (χ3v) is 3.57. The van der Waals surface area contributed by atoms with Gasteiger partial charge in [0.1, 0.15) is 12.1 Å². The van der Waals surface area contributed by atoms with E-state index in [4.69, 9.17) is 5.11 Å². The SMILES string of the molecule is CC(NC(=O)Nc1ccccc1)C(=O)N1CCCC1C(=O)O. The number of likely N-dealkylation sites (tertiary alicyclic amines) is 1. The number of rotatable bonds is 4. The Kier molecular flexibility index (Phi) is 4.98. The van der Waals surface area contributed by atoms with Crippen LogP contribution >= 0.6 is 0 Å². The van der Waals surface area contributed by atoms with Crippen molar-refractivity contribution in [3.05, 3.63) is 30.3 Å². The van der Waals surface area contributed by atoms with Crippen LogP contribution in [0, 0.1) is 0 Å². The second kappa shape index (κ2) is 6.93. The Morgan fingerprint density at radius 1 is 1.27 bits per heavy atom. The molecule has 3 amide bonds. The first-order valence-electron chi connectivity index (χ1n) is 7.15. The predicted octanol–water partition coefficient (Wildman–Crippen LogP) is 1.27. The van der Waals surface area contributed by atoms with Crippen molar-refractivity contribution in [2.24, 2.45) is 0 Å². The molecule has 1 saturated heterocycles. The van der Waals surface area contributed by atoms with Crippen molar-refractivity contribution in [2.45, 2.75) is 31.8 Å². The lowest BCUT2D eigenvalue weighted by molar-refractivity contribution is -0.148. The minimum atomic E-state index is -1.01. The summed E-state index contributed by atoms with van der Waals surface area (Å²) in [7, 11) is 0. The Morgan fingerprint density at radius 2 is 1.95 bits per heavy atom. The van der Waals surface area contributed by atoms with Gasteiger partial charge in [0.15, 0.2) is 0 Å². The van der Waals surface area contributed by atoms with Gasteiger partial charge in [-0.25, -0.2) is 9.59 Å². The molecule has 118 valence electrons. The Morgan fingerprint density at radius 3 is 2.59 bits per heavy atom. The topological polar surface area (TPSA) is 98.7 Å². The minimum Gasteiger partial charge on any atom is -0.480 e. The predicted molar refractivity (Wildman–Crippen MR) is 80.4 cm³/mol. The van der Waals surface area contributed by atoms with Gasteiger partial charge in [-0.3, -0.25) is 4.79 Å². The van der Waals surface area contributed by atoms with Crippen molar-refractivity contribution >= 4 is 23.6 Å². The largest absolute Gasteiger partial charge is 0.480 e. The number of hydrogen-bond acceptors (Lipinski definition) is 3. The highest BCUT2D eigenvalue weighted by molar-refractivity contribution is 5.94. The maximum atomic E-state index is 12.3. The van der Waals surface area contributed by atoms with E-state index < -0.39 is 24.1 Å². The molecule has 0 spiro atoms. The van der Waals surface area contributed by atoms with Gasteiger partial charge in [-0.15, -0.1) is 0 Å². The number of amides is 3. The van der Waals surface area contributed by atoms with E-state index >= 15 is 0 Å². The van der Waals surface area contributed by atoms with Crippen LogP contribution in [0.2, 0.25) is 0 Å². The van der Waals surface area contributed by atoms with Crippen molar-refractivity contribution in [3.63, 3.8) is 0 Å². The first kappa shape index (κ1) is 15.8. The number of carbonyl (C=O) groups is 3. The molecule has 22 heavy (non-hydrogen) atoms. The number of nitrogens with one attached hydrogen (secondary N) is 2. The van der Waals surface area contributed by atoms with E-state index in [-0.39, 0.29) is 5.91 Å². The van der Waals surface area contributed by atoms with Crippen LogP contribution in [0.1, 0.15) is 19.8 Å². The highest BCUT2D eigenvalue weighted by Crippen LogP contribution is 2.18. The summed E-state index contributed by atoms with van der Waals surface area (Å²) in [6.07, 6.45) is 1.11. The summed E-state index contributed by atoms with van der Waals surface area (Å²) in [6.45, 7) is 1.95. The molecule has 2 rings (SSSR count). The zero-order valence-electron chi connectivity index (χ0n) is 12.3. The van der Waals surface area contributed by atoms with Gasteiger partial charge < -0.3 is 20.6 Å².